The van der Waals surface area contributed by atoms with E-state index < -0.39 is 0 Å². The molecule has 0 N–H and O–H groups in total. The first-order valence-corrected chi connectivity index (χ1v) is 8.94. The fourth-order valence-corrected chi connectivity index (χ4v) is 4.08. The molecule has 5 heteroatoms. The van der Waals surface area contributed by atoms with Gasteiger partial charge in [-0.25, -0.2) is 0 Å². The number of halogens is 2. The number of rotatable bonds is 2. The van der Waals surface area contributed by atoms with Crippen molar-refractivity contribution >= 4 is 33.4 Å². The Balaban J connectivity index is 1.86. The molecule has 3 nitrogen and oxygen atoms in total. The van der Waals surface area contributed by atoms with Crippen LogP contribution in [0.25, 0.3) is 0 Å². The lowest BCUT2D eigenvalue weighted by atomic mass is 9.93. The van der Waals surface area contributed by atoms with E-state index in [1.807, 2.05) is 24.0 Å². The van der Waals surface area contributed by atoms with Gasteiger partial charge in [-0.05, 0) is 48.2 Å². The van der Waals surface area contributed by atoms with Crippen LogP contribution in [-0.4, -0.2) is 17.4 Å². The Morgan fingerprint density at radius 2 is 2.12 bits per heavy atom. The summed E-state index contributed by atoms with van der Waals surface area (Å²) in [5.74, 6) is -0.00211. The molecule has 1 unspecified atom stereocenters. The van der Waals surface area contributed by atoms with E-state index in [-0.39, 0.29) is 18.4 Å². The Bertz CT molecular complexity index is 844. The summed E-state index contributed by atoms with van der Waals surface area (Å²) in [4.78, 5) is 14.7. The molecule has 2 aromatic carbocycles. The number of nitriles is 1. The Hall–Kier alpha value is -1.83. The third-order valence-corrected chi connectivity index (χ3v) is 5.66. The second kappa shape index (κ2) is 6.96. The molecule has 0 spiro atoms. The number of hydrogen-bond acceptors (Lipinski definition) is 2. The van der Waals surface area contributed by atoms with Gasteiger partial charge in [0.05, 0.1) is 24.1 Å². The van der Waals surface area contributed by atoms with Gasteiger partial charge in [-0.2, -0.15) is 5.26 Å². The summed E-state index contributed by atoms with van der Waals surface area (Å²) < 4.78 is 1.09. The second-order valence-electron chi connectivity index (χ2n) is 5.88. The Labute approximate surface area is 155 Å². The molecule has 24 heavy (non-hydrogen) atoms. The topological polar surface area (TPSA) is 44.1 Å². The van der Waals surface area contributed by atoms with Gasteiger partial charge in [0, 0.05) is 16.0 Å². The first-order chi connectivity index (χ1) is 11.5. The van der Waals surface area contributed by atoms with Crippen LogP contribution < -0.4 is 0 Å². The van der Waals surface area contributed by atoms with Crippen LogP contribution in [0.4, 0.5) is 0 Å². The number of fused-ring (bicyclic) bond motifs is 1. The van der Waals surface area contributed by atoms with Gasteiger partial charge in [-0.15, -0.1) is 0 Å². The Morgan fingerprint density at radius 3 is 2.88 bits per heavy atom. The summed E-state index contributed by atoms with van der Waals surface area (Å²) in [6.45, 7) is 2.71. The minimum absolute atomic E-state index is 0.00211. The Morgan fingerprint density at radius 1 is 1.38 bits per heavy atom. The van der Waals surface area contributed by atoms with E-state index in [1.165, 1.54) is 11.1 Å². The molecule has 1 amide bonds. The van der Waals surface area contributed by atoms with Gasteiger partial charge in [-0.3, -0.25) is 4.79 Å². The Kier molecular flexibility index (Phi) is 4.93. The third-order valence-electron chi connectivity index (χ3n) is 4.56. The molecule has 0 radical (unpaired) electrons. The molecule has 1 aliphatic rings. The second-order valence-corrected chi connectivity index (χ2v) is 7.14. The van der Waals surface area contributed by atoms with E-state index in [4.69, 9.17) is 11.6 Å². The maximum atomic E-state index is 12.8. The van der Waals surface area contributed by atoms with Crippen LogP contribution in [0.15, 0.2) is 40.9 Å². The van der Waals surface area contributed by atoms with Crippen molar-refractivity contribution in [2.24, 2.45) is 0 Å². The molecule has 0 saturated carbocycles. The van der Waals surface area contributed by atoms with E-state index in [1.54, 1.807) is 18.2 Å². The van der Waals surface area contributed by atoms with Crippen LogP contribution in [0.1, 0.15) is 35.2 Å². The van der Waals surface area contributed by atoms with Crippen molar-refractivity contribution in [2.45, 2.75) is 25.8 Å². The van der Waals surface area contributed by atoms with Crippen molar-refractivity contribution in [3.63, 3.8) is 0 Å². The molecule has 1 atom stereocenters. The zero-order chi connectivity index (χ0) is 17.3. The largest absolute Gasteiger partial charge is 0.335 e. The van der Waals surface area contributed by atoms with Gasteiger partial charge < -0.3 is 4.90 Å². The highest BCUT2D eigenvalue weighted by molar-refractivity contribution is 9.10. The molecular weight excluding hydrogens is 388 g/mol. The molecule has 3 rings (SSSR count). The highest BCUT2D eigenvalue weighted by Gasteiger charge is 2.29. The molecule has 0 saturated heterocycles. The quantitative estimate of drug-likeness (QED) is 0.732. The molecule has 0 fully saturated rings. The van der Waals surface area contributed by atoms with Crippen LogP contribution in [0.3, 0.4) is 0 Å². The molecule has 0 aromatic heterocycles. The van der Waals surface area contributed by atoms with Gasteiger partial charge >= 0.3 is 0 Å². The van der Waals surface area contributed by atoms with Crippen LogP contribution in [0.2, 0.25) is 5.02 Å². The van der Waals surface area contributed by atoms with E-state index >= 15 is 0 Å². The normalized spacial score (nSPS) is 16.4. The SMILES string of the molecule is CC1c2cccc(Br)c2CCN1C(=O)Cc1c(Cl)cccc1C#N. The van der Waals surface area contributed by atoms with E-state index in [9.17, 15) is 10.1 Å². The minimum Gasteiger partial charge on any atom is -0.335 e. The predicted molar refractivity (Wildman–Crippen MR) is 97.8 cm³/mol. The first-order valence-electron chi connectivity index (χ1n) is 7.77. The average Bonchev–Trinajstić information content (AvgIpc) is 2.57. The number of benzene rings is 2. The van der Waals surface area contributed by atoms with Gasteiger partial charge in [-0.1, -0.05) is 45.7 Å². The standard InChI is InChI=1S/C19H16BrClN2O/c1-12-14-5-3-6-17(20)15(14)8-9-23(12)19(24)10-16-13(11-22)4-2-7-18(16)21/h2-7,12H,8-10H2,1H3. The molecule has 0 aliphatic carbocycles. The monoisotopic (exact) mass is 402 g/mol. The highest BCUT2D eigenvalue weighted by Crippen LogP contribution is 2.34. The van der Waals surface area contributed by atoms with Gasteiger partial charge in [0.1, 0.15) is 0 Å². The maximum absolute atomic E-state index is 12.8. The van der Waals surface area contributed by atoms with E-state index in [2.05, 4.69) is 28.1 Å². The maximum Gasteiger partial charge on any atom is 0.227 e. The molecule has 1 heterocycles. The zero-order valence-corrected chi connectivity index (χ0v) is 15.6. The summed E-state index contributed by atoms with van der Waals surface area (Å²) in [5, 5.41) is 9.71. The van der Waals surface area contributed by atoms with Crippen LogP contribution >= 0.6 is 27.5 Å². The molecule has 1 aliphatic heterocycles. The summed E-state index contributed by atoms with van der Waals surface area (Å²) >= 11 is 9.79. The number of carbonyl (C=O) groups excluding carboxylic acids is 1. The van der Waals surface area contributed by atoms with Crippen molar-refractivity contribution in [1.82, 2.24) is 4.90 Å². The molecule has 122 valence electrons. The zero-order valence-electron chi connectivity index (χ0n) is 13.2. The van der Waals surface area contributed by atoms with Crippen molar-refractivity contribution in [3.8, 4) is 6.07 Å². The summed E-state index contributed by atoms with van der Waals surface area (Å²) in [7, 11) is 0. The van der Waals surface area contributed by atoms with E-state index in [0.717, 1.165) is 10.9 Å². The summed E-state index contributed by atoms with van der Waals surface area (Å²) in [5.41, 5.74) is 3.51. The van der Waals surface area contributed by atoms with Crippen molar-refractivity contribution in [2.75, 3.05) is 6.54 Å². The highest BCUT2D eigenvalue weighted by atomic mass is 79.9. The fourth-order valence-electron chi connectivity index (χ4n) is 3.26. The predicted octanol–water partition coefficient (Wildman–Crippen LogP) is 4.66. The first kappa shape index (κ1) is 17.0. The minimum atomic E-state index is -0.00211. The lowest BCUT2D eigenvalue weighted by Crippen LogP contribution is -2.40. The molecule has 0 bridgehead atoms. The number of nitrogens with zero attached hydrogens (tertiary/aromatic N) is 2. The van der Waals surface area contributed by atoms with Crippen molar-refractivity contribution < 1.29 is 4.79 Å². The van der Waals surface area contributed by atoms with Crippen LogP contribution in [0, 0.1) is 11.3 Å². The average molecular weight is 404 g/mol. The summed E-state index contributed by atoms with van der Waals surface area (Å²) in [6.07, 6.45) is 0.969. The molecular formula is C19H16BrClN2O. The number of amides is 1. The number of carbonyl (C=O) groups is 1. The number of hydrogen-bond donors (Lipinski definition) is 0. The van der Waals surface area contributed by atoms with Gasteiger partial charge in [0.25, 0.3) is 0 Å². The van der Waals surface area contributed by atoms with Gasteiger partial charge in [0.2, 0.25) is 5.91 Å². The lowest BCUT2D eigenvalue weighted by Gasteiger charge is -2.36. The van der Waals surface area contributed by atoms with Crippen molar-refractivity contribution in [1.29, 1.82) is 5.26 Å². The van der Waals surface area contributed by atoms with Gasteiger partial charge in [0.15, 0.2) is 0 Å². The fraction of sp³-hybridized carbons (Fsp3) is 0.263. The lowest BCUT2D eigenvalue weighted by molar-refractivity contribution is -0.133. The molecule has 2 aromatic rings. The van der Waals surface area contributed by atoms with Crippen LogP contribution in [0.5, 0.6) is 0 Å². The van der Waals surface area contributed by atoms with Crippen molar-refractivity contribution in [3.05, 3.63) is 68.1 Å². The third kappa shape index (κ3) is 3.07. The summed E-state index contributed by atoms with van der Waals surface area (Å²) in [6, 6.07) is 13.4. The van der Waals surface area contributed by atoms with E-state index in [0.29, 0.717) is 22.7 Å². The smallest absolute Gasteiger partial charge is 0.227 e. The van der Waals surface area contributed by atoms with Crippen LogP contribution in [-0.2, 0) is 17.6 Å².